The number of H-pyrrole nitrogens is 1. The number of hydrogen-bond acceptors (Lipinski definition) is 8. The zero-order valence-electron chi connectivity index (χ0n) is 13.9. The maximum Gasteiger partial charge on any atom is 0.338 e. The minimum absolute atomic E-state index is 0.0849. The maximum absolute atomic E-state index is 12.0. The van der Waals surface area contributed by atoms with Crippen LogP contribution in [0.1, 0.15) is 16.6 Å². The largest absolute Gasteiger partial charge is 0.459 e. The molecular weight excluding hydrogens is 356 g/mol. The predicted octanol–water partition coefficient (Wildman–Crippen LogP) is -0.404. The summed E-state index contributed by atoms with van der Waals surface area (Å²) in [6.45, 7) is -0.247. The van der Waals surface area contributed by atoms with E-state index in [1.807, 2.05) is 0 Å². The van der Waals surface area contributed by atoms with Gasteiger partial charge in [0, 0.05) is 0 Å². The average molecular weight is 372 g/mol. The first kappa shape index (κ1) is 17.3. The standard InChI is InChI=1S/C17H16N4O6/c22-12-10(6-26-17(25)9-4-2-1-3-5-9)27-16(13(12)23)21-8-20-11-14(21)18-7-19-15(11)24/h1-5,7-8,10,12-13,16,22-23H,6H2,(H,18,19,24)/t10-,12+,13+,16-/m0/s1. The van der Waals surface area contributed by atoms with E-state index in [-0.39, 0.29) is 17.8 Å². The van der Waals surface area contributed by atoms with Gasteiger partial charge in [-0.2, -0.15) is 0 Å². The van der Waals surface area contributed by atoms with Gasteiger partial charge in [-0.05, 0) is 12.1 Å². The van der Waals surface area contributed by atoms with Crippen LogP contribution in [-0.4, -0.2) is 60.6 Å². The van der Waals surface area contributed by atoms with Crippen LogP contribution in [0, 0.1) is 0 Å². The van der Waals surface area contributed by atoms with Crippen LogP contribution in [0.25, 0.3) is 11.2 Å². The third-order valence-corrected chi connectivity index (χ3v) is 4.36. The molecular formula is C17H16N4O6. The van der Waals surface area contributed by atoms with E-state index in [1.54, 1.807) is 30.3 Å². The zero-order valence-corrected chi connectivity index (χ0v) is 13.9. The van der Waals surface area contributed by atoms with Gasteiger partial charge in [-0.1, -0.05) is 18.2 Å². The Morgan fingerprint density at radius 2 is 2.00 bits per heavy atom. The molecule has 0 saturated carbocycles. The van der Waals surface area contributed by atoms with Gasteiger partial charge in [0.15, 0.2) is 17.4 Å². The highest BCUT2D eigenvalue weighted by Gasteiger charge is 2.45. The number of hydrogen-bond donors (Lipinski definition) is 3. The Morgan fingerprint density at radius 3 is 2.78 bits per heavy atom. The highest BCUT2D eigenvalue weighted by atomic mass is 16.6. The third kappa shape index (κ3) is 3.10. The van der Waals surface area contributed by atoms with Crippen LogP contribution in [0.15, 0.2) is 47.8 Å². The van der Waals surface area contributed by atoms with Crippen LogP contribution >= 0.6 is 0 Å². The van der Waals surface area contributed by atoms with Crippen LogP contribution < -0.4 is 5.56 Å². The summed E-state index contributed by atoms with van der Waals surface area (Å²) in [6.07, 6.45) is -2.08. The predicted molar refractivity (Wildman–Crippen MR) is 90.8 cm³/mol. The van der Waals surface area contributed by atoms with Crippen molar-refractivity contribution >= 4 is 17.1 Å². The molecule has 1 fully saturated rings. The topological polar surface area (TPSA) is 140 Å². The van der Waals surface area contributed by atoms with Crippen molar-refractivity contribution in [3.05, 3.63) is 58.9 Å². The molecule has 0 unspecified atom stereocenters. The van der Waals surface area contributed by atoms with E-state index in [9.17, 15) is 19.8 Å². The van der Waals surface area contributed by atoms with Gasteiger partial charge >= 0.3 is 5.97 Å². The number of aromatic nitrogens is 4. The Morgan fingerprint density at radius 1 is 1.22 bits per heavy atom. The minimum atomic E-state index is -1.32. The SMILES string of the molecule is O=C(OC[C@@H]1O[C@H](n2cnc3c(=O)[nH]cnc32)[C@H](O)[C@@H]1O)c1ccccc1. The van der Waals surface area contributed by atoms with Gasteiger partial charge in [-0.25, -0.2) is 14.8 Å². The fourth-order valence-electron chi connectivity index (χ4n) is 2.96. The molecule has 0 amide bonds. The second-order valence-electron chi connectivity index (χ2n) is 6.07. The number of aromatic amines is 1. The molecule has 0 bridgehead atoms. The molecule has 3 N–H and O–H groups in total. The van der Waals surface area contributed by atoms with E-state index in [2.05, 4.69) is 15.0 Å². The van der Waals surface area contributed by atoms with Gasteiger partial charge in [0.1, 0.15) is 24.9 Å². The van der Waals surface area contributed by atoms with Gasteiger partial charge in [0.05, 0.1) is 18.2 Å². The summed E-state index contributed by atoms with van der Waals surface area (Å²) in [5.74, 6) is -0.564. The molecule has 0 aliphatic carbocycles. The minimum Gasteiger partial charge on any atom is -0.459 e. The molecule has 4 rings (SSSR count). The van der Waals surface area contributed by atoms with E-state index in [4.69, 9.17) is 9.47 Å². The van der Waals surface area contributed by atoms with Crippen molar-refractivity contribution in [3.8, 4) is 0 Å². The Labute approximate surface area is 152 Å². The highest BCUT2D eigenvalue weighted by molar-refractivity contribution is 5.89. The van der Waals surface area contributed by atoms with Gasteiger partial charge in [0.2, 0.25) is 0 Å². The molecule has 1 aromatic carbocycles. The van der Waals surface area contributed by atoms with E-state index >= 15 is 0 Å². The van der Waals surface area contributed by atoms with E-state index < -0.39 is 36.1 Å². The summed E-state index contributed by atoms with van der Waals surface area (Å²) in [4.78, 5) is 34.2. The molecule has 10 heteroatoms. The van der Waals surface area contributed by atoms with Crippen molar-refractivity contribution in [2.24, 2.45) is 0 Å². The van der Waals surface area contributed by atoms with Crippen LogP contribution in [-0.2, 0) is 9.47 Å². The van der Waals surface area contributed by atoms with E-state index in [0.29, 0.717) is 5.56 Å². The number of carbonyl (C=O) groups is 1. The average Bonchev–Trinajstić information content (AvgIpc) is 3.23. The van der Waals surface area contributed by atoms with Crippen molar-refractivity contribution in [3.63, 3.8) is 0 Å². The Hall–Kier alpha value is -3.08. The summed E-state index contributed by atoms with van der Waals surface area (Å²) in [5.41, 5.74) is 0.227. The lowest BCUT2D eigenvalue weighted by Gasteiger charge is -2.16. The number of rotatable bonds is 4. The lowest BCUT2D eigenvalue weighted by molar-refractivity contribution is -0.0565. The molecule has 1 aliphatic heterocycles. The molecule has 27 heavy (non-hydrogen) atoms. The van der Waals surface area contributed by atoms with Crippen molar-refractivity contribution in [2.45, 2.75) is 24.5 Å². The van der Waals surface area contributed by atoms with Crippen LogP contribution in [0.3, 0.4) is 0 Å². The summed E-state index contributed by atoms with van der Waals surface area (Å²) in [7, 11) is 0. The molecule has 4 atom stereocenters. The molecule has 140 valence electrons. The first-order valence-corrected chi connectivity index (χ1v) is 8.20. The number of aliphatic hydroxyl groups excluding tert-OH is 2. The number of carbonyl (C=O) groups excluding carboxylic acids is 1. The first-order valence-electron chi connectivity index (χ1n) is 8.20. The summed E-state index contributed by atoms with van der Waals surface area (Å²) in [5, 5.41) is 20.6. The van der Waals surface area contributed by atoms with Gasteiger partial charge in [0.25, 0.3) is 5.56 Å². The third-order valence-electron chi connectivity index (χ3n) is 4.36. The first-order chi connectivity index (χ1) is 13.1. The van der Waals surface area contributed by atoms with E-state index in [1.165, 1.54) is 17.2 Å². The fraction of sp³-hybridized carbons (Fsp3) is 0.294. The Kier molecular flexibility index (Phi) is 4.44. The van der Waals surface area contributed by atoms with Crippen LogP contribution in [0.4, 0.5) is 0 Å². The lowest BCUT2D eigenvalue weighted by Crippen LogP contribution is -2.34. The number of ether oxygens (including phenoxy) is 2. The van der Waals surface area contributed by atoms with Gasteiger partial charge in [-0.3, -0.25) is 9.36 Å². The molecule has 2 aromatic heterocycles. The molecule has 3 aromatic rings. The number of esters is 1. The number of nitrogens with zero attached hydrogens (tertiary/aromatic N) is 3. The number of nitrogens with one attached hydrogen (secondary N) is 1. The monoisotopic (exact) mass is 372 g/mol. The van der Waals surface area contributed by atoms with Crippen molar-refractivity contribution in [2.75, 3.05) is 6.61 Å². The number of benzene rings is 1. The number of fused-ring (bicyclic) bond motifs is 1. The number of imidazole rings is 1. The lowest BCUT2D eigenvalue weighted by atomic mass is 10.1. The second kappa shape index (κ2) is 6.91. The van der Waals surface area contributed by atoms with Crippen molar-refractivity contribution < 1.29 is 24.5 Å². The Bertz CT molecular complexity index is 1020. The molecule has 0 radical (unpaired) electrons. The summed E-state index contributed by atoms with van der Waals surface area (Å²) in [6, 6.07) is 8.39. The van der Waals surface area contributed by atoms with Crippen LogP contribution in [0.5, 0.6) is 0 Å². The maximum atomic E-state index is 12.0. The normalized spacial score (nSPS) is 25.0. The molecule has 0 spiro atoms. The van der Waals surface area contributed by atoms with Gasteiger partial charge in [-0.15, -0.1) is 0 Å². The molecule has 3 heterocycles. The molecule has 10 nitrogen and oxygen atoms in total. The summed E-state index contributed by atoms with van der Waals surface area (Å²) >= 11 is 0. The fourth-order valence-corrected chi connectivity index (χ4v) is 2.96. The van der Waals surface area contributed by atoms with E-state index in [0.717, 1.165) is 0 Å². The number of aliphatic hydroxyl groups is 2. The quantitative estimate of drug-likeness (QED) is 0.526. The smallest absolute Gasteiger partial charge is 0.338 e. The molecule has 1 saturated heterocycles. The highest BCUT2D eigenvalue weighted by Crippen LogP contribution is 2.31. The Balaban J connectivity index is 1.50. The zero-order chi connectivity index (χ0) is 19.0. The molecule has 1 aliphatic rings. The van der Waals surface area contributed by atoms with Crippen molar-refractivity contribution in [1.82, 2.24) is 19.5 Å². The van der Waals surface area contributed by atoms with Crippen LogP contribution in [0.2, 0.25) is 0 Å². The second-order valence-corrected chi connectivity index (χ2v) is 6.07. The van der Waals surface area contributed by atoms with Crippen molar-refractivity contribution in [1.29, 1.82) is 0 Å². The summed E-state index contributed by atoms with van der Waals surface area (Å²) < 4.78 is 12.2. The van der Waals surface area contributed by atoms with Gasteiger partial charge < -0.3 is 24.7 Å².